The van der Waals surface area contributed by atoms with Crippen LogP contribution in [0.25, 0.3) is 65.7 Å². The van der Waals surface area contributed by atoms with Gasteiger partial charge in [0.05, 0.1) is 23.3 Å². The minimum Gasteiger partial charge on any atom is -0.456 e. The van der Waals surface area contributed by atoms with Crippen LogP contribution < -0.4 is 0 Å². The third-order valence-corrected chi connectivity index (χ3v) is 8.39. The lowest BCUT2D eigenvalue weighted by atomic mass is 9.86. The Morgan fingerprint density at radius 1 is 0.447 bits per heavy atom. The zero-order valence-electron chi connectivity index (χ0n) is 41.7. The largest absolute Gasteiger partial charge is 0.456 e. The predicted octanol–water partition coefficient (Wildman–Crippen LogP) is 12.4. The molecule has 0 bridgehead atoms. The summed E-state index contributed by atoms with van der Waals surface area (Å²) >= 11 is 0. The highest BCUT2D eigenvalue weighted by Crippen LogP contribution is 2.40. The maximum atomic E-state index is 9.73. The van der Waals surface area contributed by atoms with Crippen molar-refractivity contribution in [3.63, 3.8) is 0 Å². The summed E-state index contributed by atoms with van der Waals surface area (Å²) in [6.45, 7) is 0. The molecule has 9 aromatic rings. The van der Waals surface area contributed by atoms with Crippen molar-refractivity contribution < 1.29 is 27.7 Å². The minimum atomic E-state index is -0.710. The fourth-order valence-corrected chi connectivity index (χ4v) is 6.30. The van der Waals surface area contributed by atoms with E-state index in [1.807, 2.05) is 48.5 Å². The molecule has 1 heteroatoms. The van der Waals surface area contributed by atoms with Crippen molar-refractivity contribution in [3.8, 4) is 22.3 Å². The molecular formula is C46H32O. The van der Waals surface area contributed by atoms with E-state index in [-0.39, 0.29) is 55.4 Å². The first kappa shape index (κ1) is 15.1. The second-order valence-corrected chi connectivity index (χ2v) is 11.1. The van der Waals surface area contributed by atoms with Crippen LogP contribution in [0.15, 0.2) is 174 Å². The molecule has 0 N–H and O–H groups in total. The van der Waals surface area contributed by atoms with E-state index in [4.69, 9.17) is 18.1 Å². The molecule has 1 heterocycles. The van der Waals surface area contributed by atoms with Gasteiger partial charge < -0.3 is 4.42 Å². The molecule has 9 rings (SSSR count). The monoisotopic (exact) mass is 617 g/mol. The van der Waals surface area contributed by atoms with Crippen LogP contribution in [0.5, 0.6) is 0 Å². The first-order valence-corrected chi connectivity index (χ1v) is 15.0. The number of furan rings is 1. The molecule has 0 aliphatic rings. The van der Waals surface area contributed by atoms with Crippen molar-refractivity contribution in [1.29, 1.82) is 0 Å². The van der Waals surface area contributed by atoms with Crippen molar-refractivity contribution in [2.45, 2.75) is 12.8 Å². The van der Waals surface area contributed by atoms with E-state index in [0.29, 0.717) is 27.5 Å². The molecule has 0 saturated carbocycles. The summed E-state index contributed by atoms with van der Waals surface area (Å²) in [7, 11) is 0. The van der Waals surface area contributed by atoms with Gasteiger partial charge in [0.1, 0.15) is 11.2 Å². The lowest BCUT2D eigenvalue weighted by Gasteiger charge is -2.18. The summed E-state index contributed by atoms with van der Waals surface area (Å²) in [6, 6.07) is 9.83. The number of hydrogen-bond donors (Lipinski definition) is 0. The molecule has 1 aromatic heterocycles. The van der Waals surface area contributed by atoms with Gasteiger partial charge in [-0.3, -0.25) is 0 Å². The predicted molar refractivity (Wildman–Crippen MR) is 198 cm³/mol. The van der Waals surface area contributed by atoms with Gasteiger partial charge in [0.2, 0.25) is 0 Å². The highest BCUT2D eigenvalue weighted by molar-refractivity contribution is 6.13. The Balaban J connectivity index is 1.38. The summed E-state index contributed by atoms with van der Waals surface area (Å²) in [5, 5.41) is 0.198. The Morgan fingerprint density at radius 2 is 1.09 bits per heavy atom. The van der Waals surface area contributed by atoms with Gasteiger partial charge in [0.15, 0.2) is 0 Å². The van der Waals surface area contributed by atoms with Crippen LogP contribution in [0.1, 0.15) is 45.6 Å². The van der Waals surface area contributed by atoms with Gasteiger partial charge in [-0.05, 0) is 97.1 Å². The third-order valence-electron chi connectivity index (χ3n) is 8.39. The van der Waals surface area contributed by atoms with Crippen LogP contribution in [-0.2, 0) is 12.8 Å². The molecule has 0 atom stereocenters. The molecule has 47 heavy (non-hydrogen) atoms. The smallest absolute Gasteiger partial charge is 0.136 e. The van der Waals surface area contributed by atoms with Gasteiger partial charge in [0, 0.05) is 10.8 Å². The third kappa shape index (κ3) is 4.88. The molecular weight excluding hydrogens is 569 g/mol. The van der Waals surface area contributed by atoms with Gasteiger partial charge in [-0.1, -0.05) is 151 Å². The second kappa shape index (κ2) is 11.5. The lowest BCUT2D eigenvalue weighted by molar-refractivity contribution is 0.669. The molecule has 0 radical (unpaired) electrons. The van der Waals surface area contributed by atoms with Crippen molar-refractivity contribution in [2.24, 2.45) is 0 Å². The average molecular weight is 618 g/mol. The topological polar surface area (TPSA) is 13.1 Å². The standard InChI is InChI=1S/C46H32O/c1-3-13-31(14-4-1)28-41-37-19-7-9-21-39(37)42(40-22-10-8-20-38(40)41)29-32-15-11-18-35(27-32)36-23-12-24-45-46(36)43-30-34(25-26-44(43)47-45)33-16-5-2-6-17-33/h1-27,30H,28-29H2/i1D,3D,4D,7D,8D,9D,10D,11D,13D,14D,15D,18D,19D,20D,21D,22D,27D. The Morgan fingerprint density at radius 3 is 1.79 bits per heavy atom. The van der Waals surface area contributed by atoms with Crippen LogP contribution in [0.3, 0.4) is 0 Å². The SMILES string of the molecule is [2H]c1c([2H])c([2H])c(Cc2c3c([2H])c([2H])c([2H])c([2H])c3c(Cc3c([2H])c([2H])c([2H])c(-c4cccc5oc6ccc(-c7ccccc7)cc6c45)c3[2H])c3c([2H])c([2H])c([2H])c([2H])c23)c([2H])c1[2H]. The molecule has 222 valence electrons. The zero-order valence-corrected chi connectivity index (χ0v) is 24.7. The highest BCUT2D eigenvalue weighted by atomic mass is 16.3. The number of rotatable bonds is 6. The Hall–Kier alpha value is -5.92. The van der Waals surface area contributed by atoms with E-state index in [9.17, 15) is 9.60 Å². The van der Waals surface area contributed by atoms with Gasteiger partial charge in [-0.2, -0.15) is 0 Å². The van der Waals surface area contributed by atoms with E-state index < -0.39 is 110 Å². The van der Waals surface area contributed by atoms with Gasteiger partial charge in [0.25, 0.3) is 0 Å². The normalized spacial score (nSPS) is 16.6. The fraction of sp³-hybridized carbons (Fsp3) is 0.0435. The Bertz CT molecular complexity index is 3420. The summed E-state index contributed by atoms with van der Waals surface area (Å²) in [4.78, 5) is 0. The van der Waals surface area contributed by atoms with Crippen molar-refractivity contribution >= 4 is 43.5 Å². The fourth-order valence-electron chi connectivity index (χ4n) is 6.30. The molecule has 0 aliphatic heterocycles. The summed E-state index contributed by atoms with van der Waals surface area (Å²) < 4.78 is 157. The first-order chi connectivity index (χ1) is 30.4. The zero-order chi connectivity index (χ0) is 46.0. The molecule has 0 amide bonds. The number of benzene rings is 8. The minimum absolute atomic E-state index is 0.0374. The lowest BCUT2D eigenvalue weighted by Crippen LogP contribution is -1.98. The molecule has 0 unspecified atom stereocenters. The molecule has 0 fully saturated rings. The van der Waals surface area contributed by atoms with Crippen molar-refractivity contribution in [3.05, 3.63) is 192 Å². The van der Waals surface area contributed by atoms with Gasteiger partial charge in [-0.25, -0.2) is 0 Å². The van der Waals surface area contributed by atoms with E-state index in [1.165, 1.54) is 0 Å². The van der Waals surface area contributed by atoms with E-state index >= 15 is 0 Å². The average Bonchev–Trinajstić information content (AvgIpc) is 3.68. The number of hydrogen-bond acceptors (Lipinski definition) is 1. The van der Waals surface area contributed by atoms with Crippen LogP contribution in [0.2, 0.25) is 0 Å². The Kier molecular flexibility index (Phi) is 3.69. The molecule has 8 aromatic carbocycles. The second-order valence-electron chi connectivity index (χ2n) is 11.1. The van der Waals surface area contributed by atoms with Gasteiger partial charge in [-0.15, -0.1) is 0 Å². The molecule has 0 spiro atoms. The summed E-state index contributed by atoms with van der Waals surface area (Å²) in [5.74, 6) is 0. The maximum absolute atomic E-state index is 9.73. The van der Waals surface area contributed by atoms with E-state index in [1.54, 1.807) is 18.2 Å². The maximum Gasteiger partial charge on any atom is 0.136 e. The van der Waals surface area contributed by atoms with E-state index in [0.717, 1.165) is 11.1 Å². The van der Waals surface area contributed by atoms with Crippen molar-refractivity contribution in [2.75, 3.05) is 0 Å². The van der Waals surface area contributed by atoms with Crippen LogP contribution in [-0.4, -0.2) is 0 Å². The van der Waals surface area contributed by atoms with Gasteiger partial charge >= 0.3 is 0 Å². The van der Waals surface area contributed by atoms with E-state index in [2.05, 4.69) is 0 Å². The summed E-state index contributed by atoms with van der Waals surface area (Å²) in [5.41, 5.74) is 2.33. The molecule has 0 aliphatic carbocycles. The highest BCUT2D eigenvalue weighted by Gasteiger charge is 2.17. The molecule has 0 saturated heterocycles. The first-order valence-electron chi connectivity index (χ1n) is 23.5. The van der Waals surface area contributed by atoms with Crippen LogP contribution in [0, 0.1) is 0 Å². The van der Waals surface area contributed by atoms with Crippen molar-refractivity contribution in [1.82, 2.24) is 0 Å². The molecule has 1 nitrogen and oxygen atoms in total. The van der Waals surface area contributed by atoms with Crippen LogP contribution >= 0.6 is 0 Å². The summed E-state index contributed by atoms with van der Waals surface area (Å²) in [6.07, 6.45) is -1.19. The Labute approximate surface area is 298 Å². The van der Waals surface area contributed by atoms with Crippen LogP contribution in [0.4, 0.5) is 0 Å². The quantitative estimate of drug-likeness (QED) is 0.169. The number of fused-ring (bicyclic) bond motifs is 5.